The van der Waals surface area contributed by atoms with Gasteiger partial charge in [0.15, 0.2) is 0 Å². The summed E-state index contributed by atoms with van der Waals surface area (Å²) in [7, 11) is 0. The summed E-state index contributed by atoms with van der Waals surface area (Å²) in [5.41, 5.74) is 2.91. The van der Waals surface area contributed by atoms with Crippen molar-refractivity contribution >= 4 is 17.3 Å². The average Bonchev–Trinajstić information content (AvgIpc) is 3.47. The molecular weight excluding hydrogens is 436 g/mol. The van der Waals surface area contributed by atoms with E-state index in [-0.39, 0.29) is 11.3 Å². The van der Waals surface area contributed by atoms with Gasteiger partial charge in [-0.2, -0.15) is 5.10 Å². The number of amides is 2. The van der Waals surface area contributed by atoms with Gasteiger partial charge >= 0.3 is 0 Å². The van der Waals surface area contributed by atoms with Crippen LogP contribution in [0.3, 0.4) is 0 Å². The molecule has 6 heteroatoms. The molecule has 0 aliphatic carbocycles. The van der Waals surface area contributed by atoms with Gasteiger partial charge in [-0.05, 0) is 80.7 Å². The molecule has 3 aliphatic heterocycles. The Kier molecular flexibility index (Phi) is 5.62. The van der Waals surface area contributed by atoms with Crippen LogP contribution in [-0.4, -0.2) is 56.4 Å². The van der Waals surface area contributed by atoms with E-state index in [0.717, 1.165) is 50.5 Å². The quantitative estimate of drug-likeness (QED) is 0.560. The molecule has 5 heterocycles. The van der Waals surface area contributed by atoms with Crippen LogP contribution in [0.4, 0.5) is 0 Å². The summed E-state index contributed by atoms with van der Waals surface area (Å²) in [6, 6.07) is 16.6. The molecule has 3 fully saturated rings. The van der Waals surface area contributed by atoms with Crippen molar-refractivity contribution in [3.05, 3.63) is 72.1 Å². The minimum Gasteiger partial charge on any atom is -0.339 e. The Morgan fingerprint density at radius 1 is 0.971 bits per heavy atom. The van der Waals surface area contributed by atoms with Crippen molar-refractivity contribution in [2.75, 3.05) is 13.1 Å². The van der Waals surface area contributed by atoms with Gasteiger partial charge in [0.1, 0.15) is 0 Å². The number of hydrogen-bond donors (Lipinski definition) is 0. The van der Waals surface area contributed by atoms with Crippen molar-refractivity contribution in [3.63, 3.8) is 0 Å². The molecule has 35 heavy (non-hydrogen) atoms. The van der Waals surface area contributed by atoms with E-state index in [2.05, 4.69) is 35.1 Å². The number of hydrogen-bond acceptors (Lipinski definition) is 3. The van der Waals surface area contributed by atoms with Gasteiger partial charge in [0.2, 0.25) is 5.91 Å². The van der Waals surface area contributed by atoms with E-state index in [1.807, 2.05) is 52.1 Å². The van der Waals surface area contributed by atoms with Crippen molar-refractivity contribution in [3.8, 4) is 0 Å². The molecule has 2 amide bonds. The molecule has 2 bridgehead atoms. The van der Waals surface area contributed by atoms with E-state index in [1.54, 1.807) is 0 Å². The lowest BCUT2D eigenvalue weighted by atomic mass is 9.77. The van der Waals surface area contributed by atoms with Gasteiger partial charge in [0.05, 0.1) is 5.52 Å². The Hall–Kier alpha value is -3.15. The average molecular weight is 471 g/mol. The topological polar surface area (TPSA) is 57.9 Å². The third-order valence-electron chi connectivity index (χ3n) is 8.79. The number of carbonyl (C=O) groups is 2. The molecule has 0 radical (unpaired) electrons. The van der Waals surface area contributed by atoms with Crippen molar-refractivity contribution in [2.45, 2.75) is 64.0 Å². The summed E-state index contributed by atoms with van der Waals surface area (Å²) < 4.78 is 1.96. The smallest absolute Gasteiger partial charge is 0.253 e. The highest BCUT2D eigenvalue weighted by Gasteiger charge is 2.49. The lowest BCUT2D eigenvalue weighted by Crippen LogP contribution is -2.55. The van der Waals surface area contributed by atoms with Gasteiger partial charge in [-0.25, -0.2) is 4.52 Å². The van der Waals surface area contributed by atoms with E-state index < -0.39 is 0 Å². The highest BCUT2D eigenvalue weighted by Crippen LogP contribution is 2.44. The van der Waals surface area contributed by atoms with Crippen molar-refractivity contribution < 1.29 is 9.59 Å². The zero-order valence-electron chi connectivity index (χ0n) is 20.5. The number of nitrogens with zero attached hydrogens (tertiary/aromatic N) is 4. The van der Waals surface area contributed by atoms with Crippen LogP contribution in [0, 0.1) is 11.3 Å². The highest BCUT2D eigenvalue weighted by molar-refractivity contribution is 5.94. The molecular formula is C29H34N4O2. The number of piperidine rings is 2. The van der Waals surface area contributed by atoms with Crippen LogP contribution in [0.25, 0.3) is 5.52 Å². The molecule has 0 N–H and O–H groups in total. The van der Waals surface area contributed by atoms with Gasteiger partial charge < -0.3 is 9.80 Å². The van der Waals surface area contributed by atoms with Crippen molar-refractivity contribution in [2.24, 2.45) is 11.3 Å². The fraction of sp³-hybridized carbons (Fsp3) is 0.483. The van der Waals surface area contributed by atoms with E-state index in [4.69, 9.17) is 0 Å². The first-order chi connectivity index (χ1) is 17.0. The summed E-state index contributed by atoms with van der Waals surface area (Å²) in [5.74, 6) is 1.01. The summed E-state index contributed by atoms with van der Waals surface area (Å²) >= 11 is 0. The van der Waals surface area contributed by atoms with E-state index in [0.29, 0.717) is 37.0 Å². The number of carbonyl (C=O) groups excluding carboxylic acids is 2. The number of rotatable bonds is 4. The van der Waals surface area contributed by atoms with Crippen LogP contribution in [-0.2, 0) is 11.2 Å². The Morgan fingerprint density at radius 2 is 1.69 bits per heavy atom. The summed E-state index contributed by atoms with van der Waals surface area (Å²) in [4.78, 5) is 31.0. The second kappa shape index (κ2) is 8.81. The van der Waals surface area contributed by atoms with Crippen LogP contribution in [0.2, 0.25) is 0 Å². The lowest BCUT2D eigenvalue weighted by Gasteiger charge is -2.46. The molecule has 182 valence electrons. The van der Waals surface area contributed by atoms with Crippen molar-refractivity contribution in [1.29, 1.82) is 0 Å². The molecule has 6 rings (SSSR count). The predicted octanol–water partition coefficient (Wildman–Crippen LogP) is 4.59. The Balaban J connectivity index is 1.10. The third-order valence-corrected chi connectivity index (χ3v) is 8.79. The predicted molar refractivity (Wildman–Crippen MR) is 135 cm³/mol. The first kappa shape index (κ1) is 22.3. The van der Waals surface area contributed by atoms with Gasteiger partial charge in [0, 0.05) is 48.5 Å². The van der Waals surface area contributed by atoms with Gasteiger partial charge in [0.25, 0.3) is 5.91 Å². The monoisotopic (exact) mass is 470 g/mol. The van der Waals surface area contributed by atoms with Crippen LogP contribution in [0.15, 0.2) is 60.9 Å². The number of fused-ring (bicyclic) bond motifs is 3. The summed E-state index contributed by atoms with van der Waals surface area (Å²) in [6.45, 7) is 3.43. The van der Waals surface area contributed by atoms with Gasteiger partial charge in [-0.3, -0.25) is 9.59 Å². The molecule has 1 aromatic carbocycles. The zero-order valence-corrected chi connectivity index (χ0v) is 20.5. The second-order valence-corrected chi connectivity index (χ2v) is 11.1. The molecule has 0 spiro atoms. The highest BCUT2D eigenvalue weighted by atomic mass is 16.2. The summed E-state index contributed by atoms with van der Waals surface area (Å²) in [6.07, 6.45) is 10.8. The van der Waals surface area contributed by atoms with E-state index >= 15 is 0 Å². The lowest BCUT2D eigenvalue weighted by molar-refractivity contribution is -0.149. The molecule has 6 nitrogen and oxygen atoms in total. The molecule has 2 aromatic heterocycles. The molecule has 3 aliphatic rings. The number of benzene rings is 1. The largest absolute Gasteiger partial charge is 0.339 e. The maximum Gasteiger partial charge on any atom is 0.253 e. The maximum absolute atomic E-state index is 13.9. The van der Waals surface area contributed by atoms with Crippen LogP contribution >= 0.6 is 0 Å². The van der Waals surface area contributed by atoms with Gasteiger partial charge in [-0.15, -0.1) is 0 Å². The van der Waals surface area contributed by atoms with E-state index in [9.17, 15) is 9.59 Å². The standard InChI is InChI=1S/C29H34N4O2/c1-29(12-16-31(17-13-29)27(34)22-6-3-2-4-7-22)28(35)33-24-9-10-25(33)20-21(19-24)18-23-8-5-15-32-26(23)11-14-30-32/h2-8,11,14-15,21,24-25H,9-10,12-13,16-20H2,1H3/t24-,25-/m0/s1. The molecule has 3 saturated heterocycles. The fourth-order valence-electron chi connectivity index (χ4n) is 6.78. The number of likely N-dealkylation sites (tertiary alicyclic amines) is 1. The first-order valence-corrected chi connectivity index (χ1v) is 13.1. The molecule has 0 saturated carbocycles. The SMILES string of the molecule is CC1(C(=O)N2[C@H]3CC[C@H]2CC(Cc2cccn4nccc24)C3)CCN(C(=O)c2ccccc2)CC1. The maximum atomic E-state index is 13.9. The minimum atomic E-state index is -0.371. The summed E-state index contributed by atoms with van der Waals surface area (Å²) in [5, 5.41) is 4.38. The molecule has 0 unspecified atom stereocenters. The third kappa shape index (κ3) is 4.03. The first-order valence-electron chi connectivity index (χ1n) is 13.1. The van der Waals surface area contributed by atoms with Crippen LogP contribution < -0.4 is 0 Å². The number of aromatic nitrogens is 2. The Labute approximate surface area is 206 Å². The Morgan fingerprint density at radius 3 is 2.40 bits per heavy atom. The molecule has 2 atom stereocenters. The molecule has 3 aromatic rings. The van der Waals surface area contributed by atoms with Crippen molar-refractivity contribution in [1.82, 2.24) is 19.4 Å². The van der Waals surface area contributed by atoms with Crippen LogP contribution in [0.5, 0.6) is 0 Å². The number of pyridine rings is 1. The van der Waals surface area contributed by atoms with Crippen LogP contribution in [0.1, 0.15) is 61.4 Å². The normalized spacial score (nSPS) is 25.7. The second-order valence-electron chi connectivity index (χ2n) is 11.1. The minimum absolute atomic E-state index is 0.0780. The Bertz CT molecular complexity index is 1210. The van der Waals surface area contributed by atoms with E-state index in [1.165, 1.54) is 11.1 Å². The fourth-order valence-corrected chi connectivity index (χ4v) is 6.78. The van der Waals surface area contributed by atoms with Gasteiger partial charge in [-0.1, -0.05) is 31.2 Å². The zero-order chi connectivity index (χ0) is 24.0.